The molecule has 0 saturated heterocycles. The zero-order chi connectivity index (χ0) is 63.8. The van der Waals surface area contributed by atoms with Crippen LogP contribution in [0.1, 0.15) is 22.3 Å². The molecule has 15 aromatic carbocycles. The molecule has 16 aromatic rings. The molecular formula is C91H65N5. The second-order valence-electron chi connectivity index (χ2n) is 24.5. The summed E-state index contributed by atoms with van der Waals surface area (Å²) in [4.78, 5) is 9.41. The van der Waals surface area contributed by atoms with Crippen molar-refractivity contribution in [3.63, 3.8) is 0 Å². The van der Waals surface area contributed by atoms with E-state index in [-0.39, 0.29) is 0 Å². The van der Waals surface area contributed by atoms with Crippen molar-refractivity contribution in [2.75, 3.05) is 19.6 Å². The number of fused-ring (bicyclic) bond motifs is 5. The molecule has 2 heterocycles. The first kappa shape index (κ1) is 57.2. The summed E-state index contributed by atoms with van der Waals surface area (Å²) in [7, 11) is 0. The van der Waals surface area contributed by atoms with E-state index in [2.05, 4.69) is 418 Å². The number of hydrogen-bond donors (Lipinski definition) is 0. The van der Waals surface area contributed by atoms with E-state index in [0.717, 1.165) is 96.2 Å². The van der Waals surface area contributed by atoms with Crippen molar-refractivity contribution < 1.29 is 0 Å². The lowest BCUT2D eigenvalue weighted by Gasteiger charge is -2.42. The zero-order valence-corrected chi connectivity index (χ0v) is 52.8. The van der Waals surface area contributed by atoms with E-state index >= 15 is 0 Å². The van der Waals surface area contributed by atoms with Crippen molar-refractivity contribution in [3.8, 4) is 27.9 Å². The fourth-order valence-corrected chi connectivity index (χ4v) is 14.7. The van der Waals surface area contributed by atoms with Crippen LogP contribution < -0.4 is 19.6 Å². The first-order valence-corrected chi connectivity index (χ1v) is 32.9. The summed E-state index contributed by atoms with van der Waals surface area (Å²) in [5, 5.41) is 2.46. The predicted molar refractivity (Wildman–Crippen MR) is 402 cm³/mol. The van der Waals surface area contributed by atoms with Crippen LogP contribution in [0, 0.1) is 0 Å². The van der Waals surface area contributed by atoms with Crippen molar-refractivity contribution in [2.45, 2.75) is 5.41 Å². The lowest BCUT2D eigenvalue weighted by atomic mass is 9.63. The van der Waals surface area contributed by atoms with E-state index in [1.54, 1.807) is 0 Å². The van der Waals surface area contributed by atoms with Gasteiger partial charge in [0.2, 0.25) is 0 Å². The van der Waals surface area contributed by atoms with Gasteiger partial charge in [0.1, 0.15) is 0 Å². The lowest BCUT2D eigenvalue weighted by molar-refractivity contribution is 0.728. The minimum atomic E-state index is -0.776. The molecule has 96 heavy (non-hydrogen) atoms. The van der Waals surface area contributed by atoms with Crippen molar-refractivity contribution in [2.24, 2.45) is 0 Å². The summed E-state index contributed by atoms with van der Waals surface area (Å²) >= 11 is 0. The van der Waals surface area contributed by atoms with E-state index < -0.39 is 5.41 Å². The monoisotopic (exact) mass is 1230 g/mol. The molecule has 0 radical (unpaired) electrons. The molecule has 0 fully saturated rings. The summed E-state index contributed by atoms with van der Waals surface area (Å²) in [5.41, 5.74) is 25.0. The number of hydrogen-bond acceptors (Lipinski definition) is 4. The highest BCUT2D eigenvalue weighted by atomic mass is 15.2. The minimum absolute atomic E-state index is 0.776. The number of aromatic nitrogens is 1. The van der Waals surface area contributed by atoms with E-state index in [4.69, 9.17) is 0 Å². The first-order chi connectivity index (χ1) is 47.6. The average Bonchev–Trinajstić information content (AvgIpc) is 1.55. The quantitative estimate of drug-likeness (QED) is 0.0959. The van der Waals surface area contributed by atoms with Gasteiger partial charge in [-0.1, -0.05) is 237 Å². The summed E-state index contributed by atoms with van der Waals surface area (Å²) in [5.74, 6) is 0. The third-order valence-electron chi connectivity index (χ3n) is 19.0. The van der Waals surface area contributed by atoms with Crippen molar-refractivity contribution in [1.82, 2.24) is 4.57 Å². The number of rotatable bonds is 16. The van der Waals surface area contributed by atoms with Crippen molar-refractivity contribution in [1.29, 1.82) is 0 Å². The Morgan fingerprint density at radius 3 is 0.823 bits per heavy atom. The van der Waals surface area contributed by atoms with Crippen LogP contribution in [0.2, 0.25) is 0 Å². The van der Waals surface area contributed by atoms with Crippen LogP contribution in [-0.4, -0.2) is 4.57 Å². The molecule has 0 saturated carbocycles. The van der Waals surface area contributed by atoms with Gasteiger partial charge in [0.25, 0.3) is 0 Å². The van der Waals surface area contributed by atoms with Crippen LogP contribution in [-0.2, 0) is 5.41 Å². The Kier molecular flexibility index (Phi) is 14.7. The van der Waals surface area contributed by atoms with Gasteiger partial charge in [-0.25, -0.2) is 0 Å². The van der Waals surface area contributed by atoms with Crippen molar-refractivity contribution in [3.05, 3.63) is 417 Å². The largest absolute Gasteiger partial charge is 0.311 e. The highest BCUT2D eigenvalue weighted by Crippen LogP contribution is 2.55. The molecule has 0 bridgehead atoms. The summed E-state index contributed by atoms with van der Waals surface area (Å²) in [6.07, 6.45) is 0. The third-order valence-corrected chi connectivity index (χ3v) is 19.0. The molecular weight excluding hydrogens is 1160 g/mol. The van der Waals surface area contributed by atoms with Gasteiger partial charge >= 0.3 is 0 Å². The Morgan fingerprint density at radius 2 is 0.448 bits per heavy atom. The maximum atomic E-state index is 2.51. The maximum Gasteiger partial charge on any atom is 0.0742 e. The molecule has 0 spiro atoms. The lowest BCUT2D eigenvalue weighted by Crippen LogP contribution is -2.35. The first-order valence-electron chi connectivity index (χ1n) is 32.9. The molecule has 0 aliphatic carbocycles. The van der Waals surface area contributed by atoms with Crippen LogP contribution in [0.5, 0.6) is 0 Å². The Morgan fingerprint density at radius 1 is 0.188 bits per heavy atom. The highest BCUT2D eigenvalue weighted by Gasteiger charge is 2.45. The van der Waals surface area contributed by atoms with E-state index in [1.807, 2.05) is 0 Å². The SMILES string of the molecule is c1ccc(-c2ccc(N(c3ccc(N(c4ccccc4)c4ccccc4)cc3)c3ccc(C4(c5ccc(N(c6ccc(-c7ccccc7)cc6)c6ccc(N(c7ccccc7)c7ccccc7)cc6)cc5)c5ccccc5-n5c6ccccc6c6cccc4c65)cc3)cc2)cc1. The summed E-state index contributed by atoms with van der Waals surface area (Å²) < 4.78 is 2.51. The number of nitrogens with zero attached hydrogens (tertiary/aromatic N) is 5. The van der Waals surface area contributed by atoms with Gasteiger partial charge in [-0.15, -0.1) is 0 Å². The molecule has 1 aliphatic rings. The van der Waals surface area contributed by atoms with Gasteiger partial charge < -0.3 is 24.2 Å². The van der Waals surface area contributed by atoms with Gasteiger partial charge in [-0.2, -0.15) is 0 Å². The normalized spacial score (nSPS) is 12.0. The fraction of sp³-hybridized carbons (Fsp3) is 0.0110. The molecule has 1 aromatic heterocycles. The van der Waals surface area contributed by atoms with Gasteiger partial charge in [-0.05, 0) is 202 Å². The average molecular weight is 1230 g/mol. The second-order valence-corrected chi connectivity index (χ2v) is 24.5. The van der Waals surface area contributed by atoms with Crippen LogP contribution in [0.15, 0.2) is 394 Å². The highest BCUT2D eigenvalue weighted by molar-refractivity contribution is 6.12. The Bertz CT molecular complexity index is 5000. The predicted octanol–water partition coefficient (Wildman–Crippen LogP) is 24.7. The smallest absolute Gasteiger partial charge is 0.0742 e. The maximum absolute atomic E-state index is 2.51. The number of anilines is 12. The van der Waals surface area contributed by atoms with Gasteiger partial charge in [0, 0.05) is 79.0 Å². The van der Waals surface area contributed by atoms with E-state index in [9.17, 15) is 0 Å². The third kappa shape index (κ3) is 10.1. The Labute approximate surface area is 560 Å². The topological polar surface area (TPSA) is 17.9 Å². The molecule has 5 heteroatoms. The molecule has 0 atom stereocenters. The van der Waals surface area contributed by atoms with Crippen LogP contribution in [0.4, 0.5) is 68.2 Å². The van der Waals surface area contributed by atoms with Crippen LogP contribution >= 0.6 is 0 Å². The fourth-order valence-electron chi connectivity index (χ4n) is 14.7. The molecule has 1 aliphatic heterocycles. The van der Waals surface area contributed by atoms with Crippen LogP contribution in [0.3, 0.4) is 0 Å². The van der Waals surface area contributed by atoms with Gasteiger partial charge in [0.15, 0.2) is 0 Å². The molecule has 5 nitrogen and oxygen atoms in total. The van der Waals surface area contributed by atoms with E-state index in [0.29, 0.717) is 0 Å². The second kappa shape index (κ2) is 24.7. The van der Waals surface area contributed by atoms with Gasteiger partial charge in [0.05, 0.1) is 22.1 Å². The molecule has 454 valence electrons. The Hall–Kier alpha value is -12.7. The molecule has 0 unspecified atom stereocenters. The summed E-state index contributed by atoms with van der Waals surface area (Å²) in [6.45, 7) is 0. The van der Waals surface area contributed by atoms with Gasteiger partial charge in [-0.3, -0.25) is 0 Å². The standard InChI is InChI=1S/C91H65N5/c1-7-24-66(25-8-1)68-42-50-76(51-43-68)94(82-62-58-80(59-63-82)92(72-28-11-3-12-29-72)73-30-13-4-14-31-73)78-54-46-70(47-55-78)91(86-38-20-22-41-89(86)96-88-40-21-19-36-84(88)85-37-23-39-87(91)90(85)96)71-48-56-79(57-49-71)95(77-52-44-69(45-53-77)67-26-9-2-10-27-67)83-64-60-81(61-65-83)93(74-32-15-5-16-33-74)75-34-17-6-18-35-75/h1-65H. The zero-order valence-electron chi connectivity index (χ0n) is 52.8. The molecule has 17 rings (SSSR count). The number of para-hydroxylation sites is 7. The van der Waals surface area contributed by atoms with E-state index in [1.165, 1.54) is 44.1 Å². The minimum Gasteiger partial charge on any atom is -0.311 e. The molecule has 0 N–H and O–H groups in total. The summed E-state index contributed by atoms with van der Waals surface area (Å²) in [6, 6.07) is 143. The van der Waals surface area contributed by atoms with Crippen LogP contribution in [0.25, 0.3) is 49.7 Å². The van der Waals surface area contributed by atoms with Crippen molar-refractivity contribution >= 4 is 90.1 Å². The Balaban J connectivity index is 0.823. The molecule has 0 amide bonds. The number of benzene rings is 15.